The van der Waals surface area contributed by atoms with Gasteiger partial charge in [0.25, 0.3) is 17.6 Å². The number of Topliss-reactive ketones (excluding diaryl/α,β-unsaturated/α-hetero) is 1. The Kier molecular flexibility index (Phi) is 7.79. The Bertz CT molecular complexity index is 1090. The van der Waals surface area contributed by atoms with E-state index < -0.39 is 23.6 Å². The van der Waals surface area contributed by atoms with Crippen LogP contribution in [0.2, 0.25) is 0 Å². The van der Waals surface area contributed by atoms with E-state index in [1.54, 1.807) is 48.5 Å². The van der Waals surface area contributed by atoms with Crippen molar-refractivity contribution < 1.29 is 29.0 Å². The number of primary amides is 1. The SMILES string of the molecule is NC(=O)COc1ccc(C2/C(=C(\O)c3ccccc3)C(=O)C(=O)N2CCCN2CCOCC2)cc1. The molecule has 0 bridgehead atoms. The molecule has 35 heavy (non-hydrogen) atoms. The number of aliphatic hydroxyl groups is 1. The smallest absolute Gasteiger partial charge is 0.295 e. The summed E-state index contributed by atoms with van der Waals surface area (Å²) in [5.41, 5.74) is 6.31. The lowest BCUT2D eigenvalue weighted by Gasteiger charge is -2.29. The van der Waals surface area contributed by atoms with Crippen molar-refractivity contribution in [3.63, 3.8) is 0 Å². The second-order valence-electron chi connectivity index (χ2n) is 8.49. The van der Waals surface area contributed by atoms with Crippen molar-refractivity contribution in [1.29, 1.82) is 0 Å². The zero-order valence-electron chi connectivity index (χ0n) is 19.4. The molecule has 4 rings (SSSR count). The Labute approximate surface area is 203 Å². The van der Waals surface area contributed by atoms with Gasteiger partial charge in [-0.25, -0.2) is 0 Å². The summed E-state index contributed by atoms with van der Waals surface area (Å²) >= 11 is 0. The third-order valence-electron chi connectivity index (χ3n) is 6.14. The molecule has 2 amide bonds. The van der Waals surface area contributed by atoms with Gasteiger partial charge in [0.05, 0.1) is 24.8 Å². The molecule has 2 heterocycles. The Hall–Kier alpha value is -3.69. The van der Waals surface area contributed by atoms with Crippen LogP contribution in [0.25, 0.3) is 5.76 Å². The number of likely N-dealkylation sites (tertiary alicyclic amines) is 1. The van der Waals surface area contributed by atoms with Crippen molar-refractivity contribution >= 4 is 23.4 Å². The number of hydrogen-bond acceptors (Lipinski definition) is 7. The highest BCUT2D eigenvalue weighted by Crippen LogP contribution is 2.39. The maximum absolute atomic E-state index is 13.1. The number of ether oxygens (including phenoxy) is 2. The number of nitrogens with two attached hydrogens (primary N) is 1. The van der Waals surface area contributed by atoms with Crippen LogP contribution in [0.1, 0.15) is 23.6 Å². The Balaban J connectivity index is 1.63. The van der Waals surface area contributed by atoms with Crippen molar-refractivity contribution in [1.82, 2.24) is 9.80 Å². The molecule has 0 radical (unpaired) electrons. The fourth-order valence-corrected chi connectivity index (χ4v) is 4.40. The highest BCUT2D eigenvalue weighted by Gasteiger charge is 2.45. The summed E-state index contributed by atoms with van der Waals surface area (Å²) in [4.78, 5) is 41.0. The second-order valence-corrected chi connectivity index (χ2v) is 8.49. The van der Waals surface area contributed by atoms with Crippen LogP contribution in [0.3, 0.4) is 0 Å². The normalized spacial score (nSPS) is 20.2. The maximum Gasteiger partial charge on any atom is 0.295 e. The van der Waals surface area contributed by atoms with E-state index in [0.29, 0.717) is 43.1 Å². The first kappa shape index (κ1) is 24.4. The number of benzene rings is 2. The minimum absolute atomic E-state index is 0.0541. The lowest BCUT2D eigenvalue weighted by atomic mass is 9.95. The summed E-state index contributed by atoms with van der Waals surface area (Å²) in [5, 5.41) is 11.1. The monoisotopic (exact) mass is 479 g/mol. The zero-order valence-corrected chi connectivity index (χ0v) is 19.4. The molecule has 1 atom stereocenters. The van der Waals surface area contributed by atoms with E-state index in [2.05, 4.69) is 4.90 Å². The number of aliphatic hydroxyl groups excluding tert-OH is 1. The van der Waals surface area contributed by atoms with E-state index in [1.165, 1.54) is 4.90 Å². The van der Waals surface area contributed by atoms with Gasteiger partial charge in [0.2, 0.25) is 0 Å². The molecule has 9 nitrogen and oxygen atoms in total. The summed E-state index contributed by atoms with van der Waals surface area (Å²) in [5.74, 6) is -1.72. The number of ketones is 1. The Morgan fingerprint density at radius 1 is 1.03 bits per heavy atom. The largest absolute Gasteiger partial charge is 0.507 e. The topological polar surface area (TPSA) is 122 Å². The second kappa shape index (κ2) is 11.2. The molecule has 0 aliphatic carbocycles. The van der Waals surface area contributed by atoms with Crippen molar-refractivity contribution in [2.45, 2.75) is 12.5 Å². The molecule has 2 aromatic carbocycles. The van der Waals surface area contributed by atoms with Crippen molar-refractivity contribution in [2.24, 2.45) is 5.73 Å². The van der Waals surface area contributed by atoms with Gasteiger partial charge in [0, 0.05) is 31.7 Å². The highest BCUT2D eigenvalue weighted by molar-refractivity contribution is 6.46. The van der Waals surface area contributed by atoms with Crippen LogP contribution in [-0.2, 0) is 19.1 Å². The number of hydrogen-bond donors (Lipinski definition) is 2. The van der Waals surface area contributed by atoms with Gasteiger partial charge in [-0.15, -0.1) is 0 Å². The number of carbonyl (C=O) groups is 3. The van der Waals surface area contributed by atoms with E-state index in [4.69, 9.17) is 15.2 Å². The van der Waals surface area contributed by atoms with Gasteiger partial charge < -0.3 is 25.2 Å². The van der Waals surface area contributed by atoms with Crippen LogP contribution in [0.15, 0.2) is 60.2 Å². The molecule has 2 aromatic rings. The molecule has 3 N–H and O–H groups in total. The average molecular weight is 480 g/mol. The van der Waals surface area contributed by atoms with Gasteiger partial charge in [0.1, 0.15) is 11.5 Å². The predicted octanol–water partition coefficient (Wildman–Crippen LogP) is 1.69. The summed E-state index contributed by atoms with van der Waals surface area (Å²) < 4.78 is 10.7. The average Bonchev–Trinajstić information content (AvgIpc) is 3.13. The minimum Gasteiger partial charge on any atom is -0.507 e. The molecule has 2 aliphatic heterocycles. The number of amides is 2. The quantitative estimate of drug-likeness (QED) is 0.319. The van der Waals surface area contributed by atoms with Gasteiger partial charge in [-0.05, 0) is 24.1 Å². The zero-order chi connectivity index (χ0) is 24.8. The molecule has 2 aliphatic rings. The van der Waals surface area contributed by atoms with E-state index in [0.717, 1.165) is 19.6 Å². The molecule has 1 unspecified atom stereocenters. The molecular formula is C26H29N3O6. The molecular weight excluding hydrogens is 450 g/mol. The third kappa shape index (κ3) is 5.70. The lowest BCUT2D eigenvalue weighted by molar-refractivity contribution is -0.140. The Morgan fingerprint density at radius 2 is 1.71 bits per heavy atom. The molecule has 2 saturated heterocycles. The van der Waals surface area contributed by atoms with Gasteiger partial charge in [-0.3, -0.25) is 19.3 Å². The standard InChI is InChI=1S/C26H29N3O6/c27-21(30)17-35-20-9-7-18(8-10-20)23-22(24(31)19-5-2-1-3-6-19)25(32)26(33)29(23)12-4-11-28-13-15-34-16-14-28/h1-3,5-10,23,31H,4,11-17H2,(H2,27,30)/b24-22+. The van der Waals surface area contributed by atoms with Gasteiger partial charge in [-0.2, -0.15) is 0 Å². The van der Waals surface area contributed by atoms with Gasteiger partial charge in [-0.1, -0.05) is 42.5 Å². The fraction of sp³-hybridized carbons (Fsp3) is 0.346. The Morgan fingerprint density at radius 3 is 2.37 bits per heavy atom. The minimum atomic E-state index is -0.745. The van der Waals surface area contributed by atoms with E-state index in [9.17, 15) is 19.5 Å². The van der Waals surface area contributed by atoms with E-state index in [-0.39, 0.29) is 17.9 Å². The molecule has 0 saturated carbocycles. The summed E-state index contributed by atoms with van der Waals surface area (Å²) in [6.45, 7) is 3.92. The fourth-order valence-electron chi connectivity index (χ4n) is 4.40. The van der Waals surface area contributed by atoms with Crippen LogP contribution in [-0.4, -0.2) is 78.5 Å². The summed E-state index contributed by atoms with van der Waals surface area (Å²) in [7, 11) is 0. The van der Waals surface area contributed by atoms with E-state index in [1.807, 2.05) is 6.07 Å². The van der Waals surface area contributed by atoms with Crippen molar-refractivity contribution in [3.8, 4) is 5.75 Å². The van der Waals surface area contributed by atoms with E-state index >= 15 is 0 Å². The van der Waals surface area contributed by atoms with Gasteiger partial charge in [0.15, 0.2) is 6.61 Å². The number of rotatable bonds is 9. The first-order valence-corrected chi connectivity index (χ1v) is 11.6. The molecule has 9 heteroatoms. The maximum atomic E-state index is 13.1. The highest BCUT2D eigenvalue weighted by atomic mass is 16.5. The molecule has 0 aromatic heterocycles. The van der Waals surface area contributed by atoms with Crippen molar-refractivity contribution in [2.75, 3.05) is 46.0 Å². The first-order valence-electron chi connectivity index (χ1n) is 11.6. The molecule has 2 fully saturated rings. The third-order valence-corrected chi connectivity index (χ3v) is 6.14. The van der Waals surface area contributed by atoms with Gasteiger partial charge >= 0.3 is 0 Å². The van der Waals surface area contributed by atoms with Crippen LogP contribution in [0.4, 0.5) is 0 Å². The number of morpholine rings is 1. The van der Waals surface area contributed by atoms with Crippen LogP contribution >= 0.6 is 0 Å². The predicted molar refractivity (Wildman–Crippen MR) is 128 cm³/mol. The van der Waals surface area contributed by atoms with Crippen molar-refractivity contribution in [3.05, 3.63) is 71.3 Å². The summed E-state index contributed by atoms with van der Waals surface area (Å²) in [6, 6.07) is 14.7. The van der Waals surface area contributed by atoms with Crippen LogP contribution < -0.4 is 10.5 Å². The molecule has 0 spiro atoms. The summed E-state index contributed by atoms with van der Waals surface area (Å²) in [6.07, 6.45) is 0.675. The molecule has 184 valence electrons. The van der Waals surface area contributed by atoms with Crippen LogP contribution in [0, 0.1) is 0 Å². The number of carbonyl (C=O) groups excluding carboxylic acids is 3. The first-order chi connectivity index (χ1) is 17.0. The van der Waals surface area contributed by atoms with Crippen LogP contribution in [0.5, 0.6) is 5.75 Å². The number of nitrogens with zero attached hydrogens (tertiary/aromatic N) is 2. The lowest BCUT2D eigenvalue weighted by Crippen LogP contribution is -2.38.